The summed E-state index contributed by atoms with van der Waals surface area (Å²) in [6.07, 6.45) is 8.20. The fourth-order valence-electron chi connectivity index (χ4n) is 4.91. The van der Waals surface area contributed by atoms with Gasteiger partial charge in [0.2, 0.25) is 0 Å². The van der Waals surface area contributed by atoms with Crippen LogP contribution in [0, 0.1) is 26.2 Å². The van der Waals surface area contributed by atoms with Crippen molar-refractivity contribution >= 4 is 18.8 Å². The van der Waals surface area contributed by atoms with Crippen molar-refractivity contribution in [3.8, 4) is 12.3 Å². The van der Waals surface area contributed by atoms with Crippen LogP contribution >= 0.6 is 7.60 Å². The summed E-state index contributed by atoms with van der Waals surface area (Å²) in [6.45, 7) is 11.0. The smallest absolute Gasteiger partial charge is 0.322 e. The van der Waals surface area contributed by atoms with Crippen LogP contribution in [0.15, 0.2) is 27.8 Å². The summed E-state index contributed by atoms with van der Waals surface area (Å²) < 4.78 is 28.1. The first-order valence-corrected chi connectivity index (χ1v) is 15.0. The average molecular weight is 543 g/mol. The van der Waals surface area contributed by atoms with Crippen LogP contribution in [0.25, 0.3) is 11.2 Å². The van der Waals surface area contributed by atoms with E-state index in [1.54, 1.807) is 13.8 Å². The van der Waals surface area contributed by atoms with Crippen molar-refractivity contribution in [3.05, 3.63) is 61.6 Å². The third kappa shape index (κ3) is 6.37. The molecule has 3 aromatic rings. The van der Waals surface area contributed by atoms with Crippen LogP contribution in [0.3, 0.4) is 0 Å². The third-order valence-electron chi connectivity index (χ3n) is 6.72. The maximum atomic E-state index is 13.4. The van der Waals surface area contributed by atoms with E-state index in [9.17, 15) is 14.2 Å². The number of aryl methyl sites for hydroxylation is 5. The molecule has 2 heterocycles. The molecule has 0 bridgehead atoms. The molecule has 0 aliphatic heterocycles. The normalized spacial score (nSPS) is 11.8. The summed E-state index contributed by atoms with van der Waals surface area (Å²) in [5.74, 6) is 3.18. The second-order valence-electron chi connectivity index (χ2n) is 9.22. The Morgan fingerprint density at radius 1 is 0.974 bits per heavy atom. The zero-order valence-electron chi connectivity index (χ0n) is 23.2. The first-order valence-electron chi connectivity index (χ1n) is 13.3. The van der Waals surface area contributed by atoms with E-state index in [0.717, 1.165) is 16.8 Å². The van der Waals surface area contributed by atoms with Gasteiger partial charge < -0.3 is 13.6 Å². The zero-order chi connectivity index (χ0) is 27.9. The third-order valence-corrected chi connectivity index (χ3v) is 8.88. The number of terminal acetylenes is 1. The van der Waals surface area contributed by atoms with Gasteiger partial charge in [0.1, 0.15) is 5.82 Å². The number of unbranched alkanes of at least 4 members (excludes halogenated alkanes) is 1. The van der Waals surface area contributed by atoms with Crippen LogP contribution < -0.4 is 11.2 Å². The van der Waals surface area contributed by atoms with Gasteiger partial charge in [-0.2, -0.15) is 0 Å². The molecule has 9 nitrogen and oxygen atoms in total. The Morgan fingerprint density at radius 2 is 1.63 bits per heavy atom. The van der Waals surface area contributed by atoms with Gasteiger partial charge in [0.05, 0.1) is 25.9 Å². The van der Waals surface area contributed by atoms with Gasteiger partial charge in [0, 0.05) is 19.5 Å². The molecule has 0 N–H and O–H groups in total. The molecule has 0 amide bonds. The molecule has 10 heteroatoms. The lowest BCUT2D eigenvalue weighted by Gasteiger charge is -2.17. The fraction of sp³-hybridized carbons (Fsp3) is 0.536. The van der Waals surface area contributed by atoms with Gasteiger partial charge in [0.15, 0.2) is 11.2 Å². The summed E-state index contributed by atoms with van der Waals surface area (Å²) in [5.41, 5.74) is 3.53. The summed E-state index contributed by atoms with van der Waals surface area (Å²) in [5, 5.41) is 0. The van der Waals surface area contributed by atoms with Crippen molar-refractivity contribution in [2.24, 2.45) is 0 Å². The van der Waals surface area contributed by atoms with Gasteiger partial charge in [0.25, 0.3) is 5.56 Å². The lowest BCUT2D eigenvalue weighted by molar-refractivity contribution is 0.219. The minimum absolute atomic E-state index is 0.121. The highest BCUT2D eigenvalue weighted by Crippen LogP contribution is 2.48. The molecule has 1 aromatic carbocycles. The minimum atomic E-state index is -3.17. The first-order chi connectivity index (χ1) is 18.2. The maximum Gasteiger partial charge on any atom is 0.333 e. The molecule has 3 rings (SSSR count). The molecular weight excluding hydrogens is 503 g/mol. The Kier molecular flexibility index (Phi) is 10.3. The molecule has 0 aliphatic carbocycles. The quantitative estimate of drug-likeness (QED) is 0.170. The van der Waals surface area contributed by atoms with Gasteiger partial charge in [-0.15, -0.1) is 6.42 Å². The molecule has 0 saturated heterocycles. The minimum Gasteiger partial charge on any atom is -0.322 e. The predicted molar refractivity (Wildman–Crippen MR) is 151 cm³/mol. The lowest BCUT2D eigenvalue weighted by Crippen LogP contribution is -2.40. The number of aromatic nitrogens is 4. The van der Waals surface area contributed by atoms with Crippen LogP contribution in [0.1, 0.15) is 56.1 Å². The van der Waals surface area contributed by atoms with E-state index in [-0.39, 0.29) is 12.7 Å². The Balaban J connectivity index is 1.98. The van der Waals surface area contributed by atoms with Crippen molar-refractivity contribution in [1.82, 2.24) is 18.7 Å². The lowest BCUT2D eigenvalue weighted by atomic mass is 9.98. The monoisotopic (exact) mass is 542 g/mol. The number of imidazole rings is 1. The summed E-state index contributed by atoms with van der Waals surface area (Å²) in [7, 11) is -3.17. The Hall–Kier alpha value is -2.92. The topological polar surface area (TPSA) is 97.3 Å². The van der Waals surface area contributed by atoms with Crippen molar-refractivity contribution in [2.45, 2.75) is 79.9 Å². The van der Waals surface area contributed by atoms with E-state index in [0.29, 0.717) is 56.7 Å². The largest absolute Gasteiger partial charge is 0.333 e. The molecule has 2 aromatic heterocycles. The molecule has 206 valence electrons. The molecule has 0 fully saturated rings. The second kappa shape index (κ2) is 13.2. The number of hydrogen-bond acceptors (Lipinski definition) is 6. The highest BCUT2D eigenvalue weighted by atomic mass is 31.2. The summed E-state index contributed by atoms with van der Waals surface area (Å²) >= 11 is 0. The first kappa shape index (κ1) is 29.6. The van der Waals surface area contributed by atoms with Crippen molar-refractivity contribution in [2.75, 3.05) is 19.4 Å². The van der Waals surface area contributed by atoms with E-state index in [1.165, 1.54) is 21.3 Å². The molecule has 0 atom stereocenters. The summed E-state index contributed by atoms with van der Waals surface area (Å²) in [4.78, 5) is 31.6. The van der Waals surface area contributed by atoms with E-state index in [4.69, 9.17) is 20.5 Å². The standard InChI is InChI=1S/C28H39N4O5P/c1-7-18-32-27(33)25-26(31(28(32)34)19-11-12-20-38(35,36-9-3)37-10-4)29-24(30(25)8-2)17-16-23-21(5)14-13-15-22(23)6/h1,13-15H,8-12,16-20H2,2-6H3. The SMILES string of the molecule is C#CCn1c(=O)c2c(nc(CCc3c(C)cccc3C)n2CC)n(CCCCP(=O)(OCC)OCC)c1=O. The molecule has 0 spiro atoms. The number of rotatable bonds is 14. The van der Waals surface area contributed by atoms with Crippen LogP contribution in [0.5, 0.6) is 0 Å². The Labute approximate surface area is 224 Å². The highest BCUT2D eigenvalue weighted by molar-refractivity contribution is 7.53. The van der Waals surface area contributed by atoms with E-state index in [1.807, 2.05) is 17.6 Å². The van der Waals surface area contributed by atoms with Crippen LogP contribution in [-0.2, 0) is 46.1 Å². The van der Waals surface area contributed by atoms with Gasteiger partial charge in [-0.3, -0.25) is 13.9 Å². The zero-order valence-corrected chi connectivity index (χ0v) is 24.1. The van der Waals surface area contributed by atoms with Crippen LogP contribution in [-0.4, -0.2) is 38.1 Å². The number of hydrogen-bond donors (Lipinski definition) is 0. The van der Waals surface area contributed by atoms with Gasteiger partial charge >= 0.3 is 13.3 Å². The van der Waals surface area contributed by atoms with Gasteiger partial charge in [-0.05, 0) is 70.6 Å². The molecule has 0 saturated carbocycles. The Morgan fingerprint density at radius 3 is 2.21 bits per heavy atom. The van der Waals surface area contributed by atoms with E-state index in [2.05, 4.69) is 31.9 Å². The maximum absolute atomic E-state index is 13.4. The van der Waals surface area contributed by atoms with Crippen molar-refractivity contribution < 1.29 is 13.6 Å². The molecule has 0 radical (unpaired) electrons. The van der Waals surface area contributed by atoms with Crippen LogP contribution in [0.4, 0.5) is 0 Å². The van der Waals surface area contributed by atoms with Gasteiger partial charge in [-0.1, -0.05) is 24.1 Å². The predicted octanol–water partition coefficient (Wildman–Crippen LogP) is 4.46. The van der Waals surface area contributed by atoms with Crippen LogP contribution in [0.2, 0.25) is 0 Å². The van der Waals surface area contributed by atoms with Crippen molar-refractivity contribution in [3.63, 3.8) is 0 Å². The summed E-state index contributed by atoms with van der Waals surface area (Å²) in [6, 6.07) is 6.23. The number of benzene rings is 1. The Bertz CT molecular complexity index is 1450. The van der Waals surface area contributed by atoms with E-state index >= 15 is 0 Å². The van der Waals surface area contributed by atoms with Crippen molar-refractivity contribution in [1.29, 1.82) is 0 Å². The second-order valence-corrected chi connectivity index (χ2v) is 11.4. The van der Waals surface area contributed by atoms with E-state index < -0.39 is 18.8 Å². The molecule has 0 unspecified atom stereocenters. The molecular formula is C28H39N4O5P. The number of nitrogens with zero attached hydrogens (tertiary/aromatic N) is 4. The number of fused-ring (bicyclic) bond motifs is 1. The highest BCUT2D eigenvalue weighted by Gasteiger charge is 2.24. The molecule has 38 heavy (non-hydrogen) atoms. The van der Waals surface area contributed by atoms with Gasteiger partial charge in [-0.25, -0.2) is 14.3 Å². The average Bonchev–Trinajstić information content (AvgIpc) is 3.24. The fourth-order valence-corrected chi connectivity index (χ4v) is 6.65. The molecule has 0 aliphatic rings.